The summed E-state index contributed by atoms with van der Waals surface area (Å²) in [5.74, 6) is 0.326. The Morgan fingerprint density at radius 1 is 1.28 bits per heavy atom. The van der Waals surface area contributed by atoms with Crippen LogP contribution in [0.3, 0.4) is 0 Å². The van der Waals surface area contributed by atoms with E-state index in [-0.39, 0.29) is 24.2 Å². The molecule has 134 valence electrons. The summed E-state index contributed by atoms with van der Waals surface area (Å²) in [6, 6.07) is 8.42. The molecule has 0 unspecified atom stereocenters. The molecule has 2 heterocycles. The lowest BCUT2D eigenvalue weighted by Gasteiger charge is -2.35. The van der Waals surface area contributed by atoms with E-state index in [2.05, 4.69) is 40.9 Å². The molecule has 1 aliphatic carbocycles. The largest absolute Gasteiger partial charge is 0.468 e. The van der Waals surface area contributed by atoms with E-state index < -0.39 is 0 Å². The Hall–Kier alpha value is -1.85. The highest BCUT2D eigenvalue weighted by Crippen LogP contribution is 2.41. The summed E-state index contributed by atoms with van der Waals surface area (Å²) in [4.78, 5) is 14.7. The van der Waals surface area contributed by atoms with Crippen molar-refractivity contribution in [2.45, 2.75) is 50.4 Å². The van der Waals surface area contributed by atoms with Crippen molar-refractivity contribution in [1.29, 1.82) is 0 Å². The minimum atomic E-state index is -0.257. The second kappa shape index (κ2) is 6.46. The topological polar surface area (TPSA) is 54.7 Å². The maximum atomic E-state index is 12.4. The van der Waals surface area contributed by atoms with Gasteiger partial charge in [0.05, 0.1) is 13.2 Å². The molecule has 2 aliphatic rings. The van der Waals surface area contributed by atoms with Crippen molar-refractivity contribution in [3.63, 3.8) is 0 Å². The molecular weight excluding hydrogens is 316 g/mol. The molecule has 1 aromatic heterocycles. The van der Waals surface area contributed by atoms with E-state index in [0.717, 1.165) is 32.2 Å². The molecule has 4 rings (SSSR count). The summed E-state index contributed by atoms with van der Waals surface area (Å²) >= 11 is 0. The van der Waals surface area contributed by atoms with E-state index in [1.165, 1.54) is 23.6 Å². The number of aromatic nitrogens is 1. The van der Waals surface area contributed by atoms with Crippen LogP contribution in [-0.2, 0) is 23.1 Å². The lowest BCUT2D eigenvalue weighted by molar-refractivity contribution is -0.146. The molecule has 0 spiro atoms. The molecule has 2 fully saturated rings. The summed E-state index contributed by atoms with van der Waals surface area (Å²) < 4.78 is 7.22. The molecule has 2 aromatic rings. The number of rotatable bonds is 3. The number of nitrogens with zero attached hydrogens (tertiary/aromatic N) is 2. The number of carbonyl (C=O) groups excluding carboxylic acids is 1. The number of aryl methyl sites for hydroxylation is 1. The fraction of sp³-hybridized carbons (Fsp3) is 0.550. The van der Waals surface area contributed by atoms with Gasteiger partial charge in [-0.15, -0.1) is 0 Å². The Kier molecular flexibility index (Phi) is 4.29. The Labute approximate surface area is 148 Å². The van der Waals surface area contributed by atoms with Gasteiger partial charge in [0, 0.05) is 36.7 Å². The van der Waals surface area contributed by atoms with E-state index in [9.17, 15) is 9.90 Å². The minimum absolute atomic E-state index is 0.149. The highest BCUT2D eigenvalue weighted by atomic mass is 16.5. The number of fused-ring (bicyclic) bond motifs is 2. The maximum Gasteiger partial charge on any atom is 0.323 e. The fourth-order valence-electron chi connectivity index (χ4n) is 4.87. The van der Waals surface area contributed by atoms with E-state index in [4.69, 9.17) is 4.74 Å². The van der Waals surface area contributed by atoms with Crippen molar-refractivity contribution in [2.24, 2.45) is 13.0 Å². The molecule has 1 aromatic carbocycles. The second-order valence-corrected chi connectivity index (χ2v) is 7.52. The molecule has 1 aliphatic heterocycles. The molecule has 4 atom stereocenters. The molecule has 5 nitrogen and oxygen atoms in total. The lowest BCUT2D eigenvalue weighted by Crippen LogP contribution is -2.44. The Balaban J connectivity index is 1.68. The molecule has 0 amide bonds. The Bertz CT molecular complexity index is 784. The summed E-state index contributed by atoms with van der Waals surface area (Å²) in [5, 5.41) is 11.4. The Morgan fingerprint density at radius 2 is 2.08 bits per heavy atom. The number of hydrogen-bond acceptors (Lipinski definition) is 4. The third-order valence-electron chi connectivity index (χ3n) is 6.09. The zero-order valence-corrected chi connectivity index (χ0v) is 14.9. The highest BCUT2D eigenvalue weighted by Gasteiger charge is 2.47. The minimum Gasteiger partial charge on any atom is -0.468 e. The van der Waals surface area contributed by atoms with E-state index >= 15 is 0 Å². The first kappa shape index (κ1) is 16.6. The van der Waals surface area contributed by atoms with Crippen LogP contribution in [-0.4, -0.2) is 45.8 Å². The molecule has 1 N–H and O–H groups in total. The van der Waals surface area contributed by atoms with Crippen LogP contribution in [0.5, 0.6) is 0 Å². The summed E-state index contributed by atoms with van der Waals surface area (Å²) in [7, 11) is 3.52. The molecule has 1 saturated carbocycles. The van der Waals surface area contributed by atoms with Gasteiger partial charge in [0.1, 0.15) is 6.04 Å². The van der Waals surface area contributed by atoms with Gasteiger partial charge in [-0.25, -0.2) is 0 Å². The number of likely N-dealkylation sites (tertiary alicyclic amines) is 1. The van der Waals surface area contributed by atoms with Gasteiger partial charge in [0.15, 0.2) is 0 Å². The number of aliphatic hydroxyl groups excluding tert-OH is 1. The van der Waals surface area contributed by atoms with Crippen molar-refractivity contribution in [3.05, 3.63) is 36.0 Å². The molecule has 0 radical (unpaired) electrons. The first-order valence-corrected chi connectivity index (χ1v) is 9.13. The summed E-state index contributed by atoms with van der Waals surface area (Å²) in [5.41, 5.74) is 2.43. The van der Waals surface area contributed by atoms with Crippen LogP contribution in [0.1, 0.15) is 31.2 Å². The highest BCUT2D eigenvalue weighted by molar-refractivity contribution is 5.84. The number of para-hydroxylation sites is 1. The van der Waals surface area contributed by atoms with Gasteiger partial charge in [-0.05, 0) is 43.2 Å². The normalized spacial score (nSPS) is 29.7. The molecular formula is C20H26N2O3. The number of esters is 1. The third-order valence-corrected chi connectivity index (χ3v) is 6.09. The molecule has 1 saturated heterocycles. The lowest BCUT2D eigenvalue weighted by atomic mass is 9.83. The Morgan fingerprint density at radius 3 is 2.88 bits per heavy atom. The van der Waals surface area contributed by atoms with E-state index in [1.807, 2.05) is 6.07 Å². The number of methoxy groups -OCH3 is 1. The van der Waals surface area contributed by atoms with Gasteiger partial charge in [-0.2, -0.15) is 0 Å². The summed E-state index contributed by atoms with van der Waals surface area (Å²) in [6.07, 6.45) is 5.33. The SMILES string of the molecule is COC(=O)[C@H]1C[C@@H]2CC[C@@H](O)C[C@@H]2N1Cc1cn(C)c2ccccc12. The van der Waals surface area contributed by atoms with Crippen molar-refractivity contribution >= 4 is 16.9 Å². The zero-order valence-electron chi connectivity index (χ0n) is 14.9. The van der Waals surface area contributed by atoms with Crippen LogP contribution in [0.4, 0.5) is 0 Å². The maximum absolute atomic E-state index is 12.4. The van der Waals surface area contributed by atoms with Crippen molar-refractivity contribution in [3.8, 4) is 0 Å². The zero-order chi connectivity index (χ0) is 17.6. The van der Waals surface area contributed by atoms with Gasteiger partial charge in [0.25, 0.3) is 0 Å². The van der Waals surface area contributed by atoms with E-state index in [0.29, 0.717) is 5.92 Å². The van der Waals surface area contributed by atoms with Gasteiger partial charge in [0.2, 0.25) is 0 Å². The van der Waals surface area contributed by atoms with Crippen LogP contribution in [0.15, 0.2) is 30.5 Å². The average molecular weight is 342 g/mol. The smallest absolute Gasteiger partial charge is 0.323 e. The van der Waals surface area contributed by atoms with Crippen molar-refractivity contribution in [1.82, 2.24) is 9.47 Å². The van der Waals surface area contributed by atoms with Crippen LogP contribution in [0.2, 0.25) is 0 Å². The first-order chi connectivity index (χ1) is 12.1. The number of aliphatic hydroxyl groups is 1. The number of benzene rings is 1. The third kappa shape index (κ3) is 2.85. The average Bonchev–Trinajstić information content (AvgIpc) is 3.13. The standard InChI is InChI=1S/C20H26N2O3/c1-21-11-14(16-5-3-4-6-17(16)21)12-22-18-10-15(23)8-7-13(18)9-19(22)20(24)25-2/h3-6,11,13,15,18-19,23H,7-10,12H2,1-2H3/t13-,15+,18-,19+/m0/s1. The van der Waals surface area contributed by atoms with Crippen LogP contribution >= 0.6 is 0 Å². The predicted octanol–water partition coefficient (Wildman–Crippen LogP) is 2.46. The fourth-order valence-corrected chi connectivity index (χ4v) is 4.87. The van der Waals surface area contributed by atoms with Crippen molar-refractivity contribution < 1.29 is 14.6 Å². The van der Waals surface area contributed by atoms with Crippen molar-refractivity contribution in [2.75, 3.05) is 7.11 Å². The number of ether oxygens (including phenoxy) is 1. The van der Waals surface area contributed by atoms with Gasteiger partial charge in [-0.3, -0.25) is 9.69 Å². The molecule has 0 bridgehead atoms. The van der Waals surface area contributed by atoms with Crippen LogP contribution in [0, 0.1) is 5.92 Å². The number of carbonyl (C=O) groups is 1. The number of hydrogen-bond donors (Lipinski definition) is 1. The molecule has 5 heteroatoms. The van der Waals surface area contributed by atoms with Gasteiger partial charge >= 0.3 is 5.97 Å². The van der Waals surface area contributed by atoms with Crippen LogP contribution in [0.25, 0.3) is 10.9 Å². The van der Waals surface area contributed by atoms with Gasteiger partial charge in [-0.1, -0.05) is 18.2 Å². The quantitative estimate of drug-likeness (QED) is 0.871. The van der Waals surface area contributed by atoms with Gasteiger partial charge < -0.3 is 14.4 Å². The first-order valence-electron chi connectivity index (χ1n) is 9.13. The van der Waals surface area contributed by atoms with E-state index in [1.54, 1.807) is 0 Å². The predicted molar refractivity (Wildman–Crippen MR) is 96.0 cm³/mol. The summed E-state index contributed by atoms with van der Waals surface area (Å²) in [6.45, 7) is 0.717. The van der Waals surface area contributed by atoms with Crippen LogP contribution < -0.4 is 0 Å². The molecule has 25 heavy (non-hydrogen) atoms. The monoisotopic (exact) mass is 342 g/mol. The second-order valence-electron chi connectivity index (χ2n) is 7.52.